The van der Waals surface area contributed by atoms with Crippen LogP contribution in [-0.4, -0.2) is 20.1 Å². The zero-order chi connectivity index (χ0) is 19.0. The lowest BCUT2D eigenvalue weighted by atomic mass is 10.1. The van der Waals surface area contributed by atoms with E-state index in [4.69, 9.17) is 0 Å². The Kier molecular flexibility index (Phi) is 4.47. The fraction of sp³-hybridized carbons (Fsp3) is 0.316. The van der Waals surface area contributed by atoms with Crippen LogP contribution in [0.3, 0.4) is 0 Å². The molecule has 4 rings (SSSR count). The molecule has 0 spiro atoms. The van der Waals surface area contributed by atoms with Gasteiger partial charge in [-0.2, -0.15) is 5.10 Å². The highest BCUT2D eigenvalue weighted by atomic mass is 19.2. The molecular formula is C19H18F2N4O2. The van der Waals surface area contributed by atoms with Crippen molar-refractivity contribution in [2.24, 2.45) is 0 Å². The molecular weight excluding hydrogens is 354 g/mol. The molecule has 1 N–H and O–H groups in total. The van der Waals surface area contributed by atoms with E-state index in [0.29, 0.717) is 5.52 Å². The molecule has 0 saturated carbocycles. The topological polar surface area (TPSA) is 68.4 Å². The van der Waals surface area contributed by atoms with Crippen LogP contribution in [0.25, 0.3) is 5.52 Å². The number of aryl methyl sites for hydroxylation is 2. The molecule has 0 unspecified atom stereocenters. The average Bonchev–Trinajstić information content (AvgIpc) is 2.83. The van der Waals surface area contributed by atoms with E-state index in [1.54, 1.807) is 10.7 Å². The summed E-state index contributed by atoms with van der Waals surface area (Å²) in [4.78, 5) is 25.1. The van der Waals surface area contributed by atoms with E-state index in [1.165, 1.54) is 16.8 Å². The maximum atomic E-state index is 13.3. The summed E-state index contributed by atoms with van der Waals surface area (Å²) in [6.07, 6.45) is 8.01. The lowest BCUT2D eigenvalue weighted by Crippen LogP contribution is -2.28. The Morgan fingerprint density at radius 2 is 1.93 bits per heavy atom. The van der Waals surface area contributed by atoms with Crippen molar-refractivity contribution in [2.75, 3.05) is 5.32 Å². The van der Waals surface area contributed by atoms with Crippen molar-refractivity contribution in [1.29, 1.82) is 0 Å². The minimum atomic E-state index is -1.05. The van der Waals surface area contributed by atoms with E-state index in [2.05, 4.69) is 10.4 Å². The summed E-state index contributed by atoms with van der Waals surface area (Å²) in [6, 6.07) is 3.10. The van der Waals surface area contributed by atoms with Crippen LogP contribution in [0.15, 0.2) is 35.4 Å². The lowest BCUT2D eigenvalue weighted by molar-refractivity contribution is -0.116. The molecule has 1 aromatic carbocycles. The SMILES string of the molecule is O=C(Cn1ccn2nc3c(c2c1=O)CCCCC3)Nc1ccc(F)c(F)c1. The standard InChI is InChI=1S/C19H18F2N4O2/c20-14-7-6-12(10-15(14)21)22-17(26)11-24-8-9-25-18(19(24)27)13-4-2-1-3-5-16(13)23-25/h6-10H,1-5,11H2,(H,22,26). The fourth-order valence-corrected chi connectivity index (χ4v) is 3.49. The summed E-state index contributed by atoms with van der Waals surface area (Å²) in [5, 5.41) is 6.98. The molecule has 6 nitrogen and oxygen atoms in total. The average molecular weight is 372 g/mol. The number of amides is 1. The third-order valence-corrected chi connectivity index (χ3v) is 4.80. The van der Waals surface area contributed by atoms with Crippen molar-refractivity contribution in [2.45, 2.75) is 38.6 Å². The Hall–Kier alpha value is -3.03. The van der Waals surface area contributed by atoms with Crippen LogP contribution in [-0.2, 0) is 24.2 Å². The molecule has 3 aromatic rings. The highest BCUT2D eigenvalue weighted by Crippen LogP contribution is 2.22. The Bertz CT molecular complexity index is 1090. The summed E-state index contributed by atoms with van der Waals surface area (Å²) in [7, 11) is 0. The second kappa shape index (κ2) is 6.94. The van der Waals surface area contributed by atoms with Crippen LogP contribution in [0, 0.1) is 11.6 Å². The molecule has 0 saturated heterocycles. The number of nitrogens with zero attached hydrogens (tertiary/aromatic N) is 3. The van der Waals surface area contributed by atoms with Crippen LogP contribution in [0.4, 0.5) is 14.5 Å². The van der Waals surface area contributed by atoms with Gasteiger partial charge in [0.15, 0.2) is 11.6 Å². The monoisotopic (exact) mass is 372 g/mol. The van der Waals surface area contributed by atoms with Crippen LogP contribution in [0.2, 0.25) is 0 Å². The van der Waals surface area contributed by atoms with Crippen LogP contribution in [0.1, 0.15) is 30.5 Å². The molecule has 27 heavy (non-hydrogen) atoms. The minimum Gasteiger partial charge on any atom is -0.324 e. The first-order chi connectivity index (χ1) is 13.0. The zero-order valence-corrected chi connectivity index (χ0v) is 14.5. The molecule has 0 fully saturated rings. The smallest absolute Gasteiger partial charge is 0.277 e. The maximum Gasteiger partial charge on any atom is 0.277 e. The highest BCUT2D eigenvalue weighted by molar-refractivity contribution is 5.90. The lowest BCUT2D eigenvalue weighted by Gasteiger charge is -2.08. The molecule has 1 amide bonds. The zero-order valence-electron chi connectivity index (χ0n) is 14.5. The maximum absolute atomic E-state index is 13.3. The van der Waals surface area contributed by atoms with E-state index in [1.807, 2.05) is 0 Å². The molecule has 0 aliphatic heterocycles. The van der Waals surface area contributed by atoms with Crippen LogP contribution >= 0.6 is 0 Å². The van der Waals surface area contributed by atoms with E-state index >= 15 is 0 Å². The first-order valence-electron chi connectivity index (χ1n) is 8.87. The molecule has 0 bridgehead atoms. The van der Waals surface area contributed by atoms with Crippen molar-refractivity contribution in [3.05, 3.63) is 63.8 Å². The fourth-order valence-electron chi connectivity index (χ4n) is 3.49. The number of hydrogen-bond acceptors (Lipinski definition) is 3. The highest BCUT2D eigenvalue weighted by Gasteiger charge is 2.19. The first-order valence-corrected chi connectivity index (χ1v) is 8.87. The van der Waals surface area contributed by atoms with Crippen molar-refractivity contribution in [3.8, 4) is 0 Å². The van der Waals surface area contributed by atoms with E-state index < -0.39 is 17.5 Å². The molecule has 2 heterocycles. The summed E-state index contributed by atoms with van der Waals surface area (Å²) >= 11 is 0. The molecule has 0 atom stereocenters. The number of halogens is 2. The number of carbonyl (C=O) groups excluding carboxylic acids is 1. The number of fused-ring (bicyclic) bond motifs is 3. The number of nitrogens with one attached hydrogen (secondary N) is 1. The van der Waals surface area contributed by atoms with Crippen molar-refractivity contribution in [3.63, 3.8) is 0 Å². The van der Waals surface area contributed by atoms with Crippen molar-refractivity contribution in [1.82, 2.24) is 14.2 Å². The second-order valence-corrected chi connectivity index (χ2v) is 6.69. The van der Waals surface area contributed by atoms with E-state index in [9.17, 15) is 18.4 Å². The van der Waals surface area contributed by atoms with Gasteiger partial charge >= 0.3 is 0 Å². The van der Waals surface area contributed by atoms with Gasteiger partial charge in [-0.05, 0) is 37.8 Å². The molecule has 1 aliphatic rings. The number of hydrogen-bond donors (Lipinski definition) is 1. The van der Waals surface area contributed by atoms with Crippen LogP contribution in [0.5, 0.6) is 0 Å². The van der Waals surface area contributed by atoms with Gasteiger partial charge in [0.05, 0.1) is 5.69 Å². The van der Waals surface area contributed by atoms with Crippen LogP contribution < -0.4 is 10.9 Å². The number of carbonyl (C=O) groups is 1. The van der Waals surface area contributed by atoms with Crippen molar-refractivity contribution < 1.29 is 13.6 Å². The number of rotatable bonds is 3. The third-order valence-electron chi connectivity index (χ3n) is 4.80. The largest absolute Gasteiger partial charge is 0.324 e. The van der Waals surface area contributed by atoms with Gasteiger partial charge in [-0.1, -0.05) is 6.42 Å². The molecule has 0 radical (unpaired) electrons. The predicted molar refractivity (Wildman–Crippen MR) is 95.7 cm³/mol. The summed E-state index contributed by atoms with van der Waals surface area (Å²) < 4.78 is 29.1. The van der Waals surface area contributed by atoms with Gasteiger partial charge in [0, 0.05) is 29.7 Å². The minimum absolute atomic E-state index is 0.131. The molecule has 8 heteroatoms. The molecule has 140 valence electrons. The summed E-state index contributed by atoms with van der Waals surface area (Å²) in [5.41, 5.74) is 2.27. The second-order valence-electron chi connectivity index (χ2n) is 6.69. The Morgan fingerprint density at radius 3 is 2.74 bits per heavy atom. The van der Waals surface area contributed by atoms with Gasteiger partial charge in [-0.15, -0.1) is 0 Å². The van der Waals surface area contributed by atoms with Gasteiger partial charge in [-0.25, -0.2) is 13.3 Å². The normalized spacial score (nSPS) is 14.0. The van der Waals surface area contributed by atoms with Gasteiger partial charge in [-0.3, -0.25) is 9.59 Å². The number of anilines is 1. The predicted octanol–water partition coefficient (Wildman–Crippen LogP) is 2.68. The quantitative estimate of drug-likeness (QED) is 0.719. The Balaban J connectivity index is 1.61. The molecule has 1 aliphatic carbocycles. The molecule has 2 aromatic heterocycles. The number of benzene rings is 1. The van der Waals surface area contributed by atoms with Gasteiger partial charge in [0.25, 0.3) is 5.56 Å². The summed E-state index contributed by atoms with van der Waals surface area (Å²) in [5.74, 6) is -2.54. The van der Waals surface area contributed by atoms with Gasteiger partial charge in [0.1, 0.15) is 12.1 Å². The van der Waals surface area contributed by atoms with E-state index in [-0.39, 0.29) is 17.8 Å². The third kappa shape index (κ3) is 3.34. The first kappa shape index (κ1) is 17.4. The summed E-state index contributed by atoms with van der Waals surface area (Å²) in [6.45, 7) is -0.228. The van der Waals surface area contributed by atoms with Crippen molar-refractivity contribution >= 4 is 17.1 Å². The Morgan fingerprint density at radius 1 is 1.11 bits per heavy atom. The van der Waals surface area contributed by atoms with Gasteiger partial charge < -0.3 is 9.88 Å². The number of aromatic nitrogens is 3. The Labute approximate surface area is 153 Å². The van der Waals surface area contributed by atoms with E-state index in [0.717, 1.165) is 55.5 Å². The van der Waals surface area contributed by atoms with Gasteiger partial charge in [0.2, 0.25) is 5.91 Å².